The lowest BCUT2D eigenvalue weighted by atomic mass is 10.2. The molecule has 0 radical (unpaired) electrons. The molecular formula is C20H24N6O3. The average Bonchev–Trinajstić information content (AvgIpc) is 3.04. The van der Waals surface area contributed by atoms with Crippen molar-refractivity contribution in [2.24, 2.45) is 0 Å². The molecule has 0 bridgehead atoms. The van der Waals surface area contributed by atoms with Gasteiger partial charge in [-0.2, -0.15) is 4.98 Å². The van der Waals surface area contributed by atoms with Crippen LogP contribution in [0, 0.1) is 0 Å². The number of hydrogen-bond donors (Lipinski definition) is 2. The van der Waals surface area contributed by atoms with Crippen LogP contribution in [0.25, 0.3) is 10.9 Å². The number of nitrogens with zero attached hydrogens (tertiary/aromatic N) is 4. The van der Waals surface area contributed by atoms with Gasteiger partial charge in [-0.1, -0.05) is 20.3 Å². The molecule has 9 heteroatoms. The van der Waals surface area contributed by atoms with E-state index in [-0.39, 0.29) is 29.9 Å². The molecule has 4 rings (SSSR count). The third kappa shape index (κ3) is 4.13. The number of carbonyl (C=O) groups excluding carboxylic acids is 1. The monoisotopic (exact) mass is 396 g/mol. The first-order valence-corrected chi connectivity index (χ1v) is 9.89. The molecule has 0 spiro atoms. The van der Waals surface area contributed by atoms with E-state index in [1.54, 1.807) is 22.8 Å². The Morgan fingerprint density at radius 2 is 2.14 bits per heavy atom. The van der Waals surface area contributed by atoms with Crippen molar-refractivity contribution < 1.29 is 9.53 Å². The number of rotatable bonds is 5. The molecule has 2 aromatic heterocycles. The third-order valence-electron chi connectivity index (χ3n) is 4.96. The lowest BCUT2D eigenvalue weighted by molar-refractivity contribution is -0.118. The summed E-state index contributed by atoms with van der Waals surface area (Å²) in [6.45, 7) is 4.44. The molecule has 1 aromatic carbocycles. The molecule has 1 amide bonds. The van der Waals surface area contributed by atoms with Gasteiger partial charge < -0.3 is 4.74 Å². The second-order valence-corrected chi connectivity index (χ2v) is 7.51. The van der Waals surface area contributed by atoms with E-state index >= 15 is 0 Å². The number of hydrogen-bond acceptors (Lipinski definition) is 6. The van der Waals surface area contributed by atoms with E-state index in [2.05, 4.69) is 25.5 Å². The minimum absolute atomic E-state index is 0.0521. The van der Waals surface area contributed by atoms with Crippen LogP contribution in [0.4, 0.5) is 5.95 Å². The van der Waals surface area contributed by atoms with Crippen LogP contribution in [0.1, 0.15) is 50.7 Å². The highest BCUT2D eigenvalue weighted by Crippen LogP contribution is 2.20. The van der Waals surface area contributed by atoms with Gasteiger partial charge in [-0.3, -0.25) is 24.6 Å². The molecule has 3 heterocycles. The van der Waals surface area contributed by atoms with Crippen LogP contribution >= 0.6 is 0 Å². The van der Waals surface area contributed by atoms with Crippen molar-refractivity contribution in [2.75, 3.05) is 11.9 Å². The van der Waals surface area contributed by atoms with E-state index < -0.39 is 0 Å². The number of aryl methyl sites for hydroxylation is 1. The minimum atomic E-state index is -0.379. The fraction of sp³-hybridized carbons (Fsp3) is 0.450. The molecule has 0 atom stereocenters. The third-order valence-corrected chi connectivity index (χ3v) is 4.96. The summed E-state index contributed by atoms with van der Waals surface area (Å²) in [6, 6.07) is 5.14. The first-order chi connectivity index (χ1) is 14.0. The van der Waals surface area contributed by atoms with Crippen molar-refractivity contribution in [1.82, 2.24) is 24.7 Å². The second-order valence-electron chi connectivity index (χ2n) is 7.51. The highest BCUT2D eigenvalue weighted by atomic mass is 16.5. The molecule has 0 aliphatic carbocycles. The molecule has 1 aliphatic rings. The summed E-state index contributed by atoms with van der Waals surface area (Å²) >= 11 is 0. The van der Waals surface area contributed by atoms with Crippen LogP contribution in [0.5, 0.6) is 5.75 Å². The molecule has 152 valence electrons. The number of carbonyl (C=O) groups is 1. The maximum absolute atomic E-state index is 12.9. The first kappa shape index (κ1) is 19.1. The topological polar surface area (TPSA) is 115 Å². The fourth-order valence-electron chi connectivity index (χ4n) is 3.39. The minimum Gasteiger partial charge on any atom is -0.484 e. The number of amides is 1. The Bertz CT molecular complexity index is 1100. The predicted octanol–water partition coefficient (Wildman–Crippen LogP) is 2.38. The van der Waals surface area contributed by atoms with Crippen molar-refractivity contribution in [3.05, 3.63) is 40.2 Å². The zero-order valence-corrected chi connectivity index (χ0v) is 16.6. The largest absolute Gasteiger partial charge is 0.484 e. The number of anilines is 1. The Labute approximate surface area is 167 Å². The summed E-state index contributed by atoms with van der Waals surface area (Å²) < 4.78 is 7.34. The zero-order valence-electron chi connectivity index (χ0n) is 16.6. The van der Waals surface area contributed by atoms with Gasteiger partial charge in [0.15, 0.2) is 6.61 Å². The summed E-state index contributed by atoms with van der Waals surface area (Å²) in [4.78, 5) is 33.9. The van der Waals surface area contributed by atoms with Crippen LogP contribution in [-0.2, 0) is 17.8 Å². The molecule has 0 saturated carbocycles. The van der Waals surface area contributed by atoms with E-state index in [1.807, 2.05) is 13.8 Å². The van der Waals surface area contributed by atoms with Crippen LogP contribution in [0.3, 0.4) is 0 Å². The van der Waals surface area contributed by atoms with Crippen LogP contribution in [-0.4, -0.2) is 37.2 Å². The number of H-pyrrole nitrogens is 1. The molecule has 0 unspecified atom stereocenters. The van der Waals surface area contributed by atoms with Gasteiger partial charge in [0.25, 0.3) is 11.5 Å². The maximum atomic E-state index is 12.9. The quantitative estimate of drug-likeness (QED) is 0.684. The number of benzene rings is 1. The van der Waals surface area contributed by atoms with Gasteiger partial charge in [-0.15, -0.1) is 5.10 Å². The van der Waals surface area contributed by atoms with Crippen molar-refractivity contribution in [3.63, 3.8) is 0 Å². The molecule has 2 N–H and O–H groups in total. The fourth-order valence-corrected chi connectivity index (χ4v) is 3.39. The van der Waals surface area contributed by atoms with E-state index in [0.717, 1.165) is 31.5 Å². The highest BCUT2D eigenvalue weighted by molar-refractivity contribution is 5.90. The van der Waals surface area contributed by atoms with Crippen LogP contribution in [0.2, 0.25) is 0 Å². The smallest absolute Gasteiger partial charge is 0.264 e. The zero-order chi connectivity index (χ0) is 20.4. The number of nitrogens with one attached hydrogen (secondary N) is 2. The molecule has 0 saturated heterocycles. The van der Waals surface area contributed by atoms with Crippen molar-refractivity contribution in [3.8, 4) is 5.75 Å². The van der Waals surface area contributed by atoms with Crippen molar-refractivity contribution in [2.45, 2.75) is 52.0 Å². The molecule has 3 aromatic rings. The molecule has 9 nitrogen and oxygen atoms in total. The number of aromatic amines is 1. The SMILES string of the molecule is CC(C)c1nc(NC(=O)COc2ccc3nc4n(c(=O)c3c2)CCCCC4)n[nH]1. The second kappa shape index (κ2) is 8.02. The van der Waals surface area contributed by atoms with Crippen molar-refractivity contribution in [1.29, 1.82) is 0 Å². The molecular weight excluding hydrogens is 372 g/mol. The van der Waals surface area contributed by atoms with E-state index in [1.165, 1.54) is 0 Å². The van der Waals surface area contributed by atoms with Crippen molar-refractivity contribution >= 4 is 22.8 Å². The summed E-state index contributed by atoms with van der Waals surface area (Å²) in [5.74, 6) is 2.01. The number of aromatic nitrogens is 5. The first-order valence-electron chi connectivity index (χ1n) is 9.89. The number of fused-ring (bicyclic) bond motifs is 2. The molecule has 0 fully saturated rings. The molecule has 29 heavy (non-hydrogen) atoms. The lowest BCUT2D eigenvalue weighted by Crippen LogP contribution is -2.24. The van der Waals surface area contributed by atoms with E-state index in [0.29, 0.717) is 29.0 Å². The maximum Gasteiger partial charge on any atom is 0.264 e. The van der Waals surface area contributed by atoms with Crippen LogP contribution < -0.4 is 15.6 Å². The van der Waals surface area contributed by atoms with E-state index in [9.17, 15) is 9.59 Å². The standard InChI is InChI=1S/C20H24N6O3/c1-12(2)18-23-20(25-24-18)22-17(27)11-29-13-7-8-15-14(10-13)19(28)26-9-5-3-4-6-16(26)21-15/h7-8,10,12H,3-6,9,11H2,1-2H3,(H2,22,23,24,25,27). The van der Waals surface area contributed by atoms with Gasteiger partial charge in [-0.25, -0.2) is 4.98 Å². The molecule has 1 aliphatic heterocycles. The Hall–Kier alpha value is -3.23. The Kier molecular flexibility index (Phi) is 5.28. The Morgan fingerprint density at radius 3 is 2.93 bits per heavy atom. The lowest BCUT2D eigenvalue weighted by Gasteiger charge is -2.11. The van der Waals surface area contributed by atoms with E-state index in [4.69, 9.17) is 4.74 Å². The highest BCUT2D eigenvalue weighted by Gasteiger charge is 2.15. The van der Waals surface area contributed by atoms with Gasteiger partial charge in [0.2, 0.25) is 5.95 Å². The Balaban J connectivity index is 1.47. The van der Waals surface area contributed by atoms with Gasteiger partial charge in [0.1, 0.15) is 17.4 Å². The van der Waals surface area contributed by atoms with Gasteiger partial charge in [0, 0.05) is 18.9 Å². The average molecular weight is 396 g/mol. The number of ether oxygens (including phenoxy) is 1. The summed E-state index contributed by atoms with van der Waals surface area (Å²) in [5.41, 5.74) is 0.602. The summed E-state index contributed by atoms with van der Waals surface area (Å²) in [5, 5.41) is 9.83. The Morgan fingerprint density at radius 1 is 1.28 bits per heavy atom. The summed E-state index contributed by atoms with van der Waals surface area (Å²) in [7, 11) is 0. The summed E-state index contributed by atoms with van der Waals surface area (Å²) in [6.07, 6.45) is 3.96. The van der Waals surface area contributed by atoms with Gasteiger partial charge in [-0.05, 0) is 31.0 Å². The normalized spacial score (nSPS) is 13.9. The van der Waals surface area contributed by atoms with Gasteiger partial charge >= 0.3 is 0 Å². The van der Waals surface area contributed by atoms with Gasteiger partial charge in [0.05, 0.1) is 10.9 Å². The van der Waals surface area contributed by atoms with Crippen LogP contribution in [0.15, 0.2) is 23.0 Å². The predicted molar refractivity (Wildman–Crippen MR) is 108 cm³/mol.